The van der Waals surface area contributed by atoms with Gasteiger partial charge in [-0.2, -0.15) is 0 Å². The second kappa shape index (κ2) is 13.0. The van der Waals surface area contributed by atoms with Gasteiger partial charge in [0.05, 0.1) is 55.7 Å². The number of pyridine rings is 4. The molecule has 2 aliphatic heterocycles. The lowest BCUT2D eigenvalue weighted by atomic mass is 10.0. The molecule has 9 rings (SSSR count). The van der Waals surface area contributed by atoms with Crippen LogP contribution in [0.1, 0.15) is 0 Å². The molecule has 2 aliphatic rings. The molecule has 7 aromatic heterocycles. The van der Waals surface area contributed by atoms with E-state index in [0.29, 0.717) is 26.2 Å². The van der Waals surface area contributed by atoms with Crippen LogP contribution in [0.4, 0.5) is 0 Å². The van der Waals surface area contributed by atoms with Crippen molar-refractivity contribution < 1.29 is 38.7 Å². The Bertz CT molecular complexity index is 2720. The lowest BCUT2D eigenvalue weighted by Gasteiger charge is -2.01. The summed E-state index contributed by atoms with van der Waals surface area (Å²) in [5.41, 5.74) is 10.5. The van der Waals surface area contributed by atoms with Crippen LogP contribution in [0.2, 0.25) is 0 Å². The molecule has 0 aliphatic carbocycles. The summed E-state index contributed by atoms with van der Waals surface area (Å²) in [5, 5.41) is 43.0. The number of nitrogens with zero attached hydrogens (tertiary/aromatic N) is 6. The molecule has 0 radical (unpaired) electrons. The van der Waals surface area contributed by atoms with Gasteiger partial charge in [-0.15, -0.1) is 0 Å². The summed E-state index contributed by atoms with van der Waals surface area (Å²) in [6.07, 6.45) is 16.1. The molecule has 0 atom stereocenters. The summed E-state index contributed by atoms with van der Waals surface area (Å²) in [5.74, 6) is 0. The summed E-state index contributed by atoms with van der Waals surface area (Å²) in [6.45, 7) is 1.93. The van der Waals surface area contributed by atoms with E-state index >= 15 is 0 Å². The molecular formula is C40H38N8O4+4. The smallest absolute Gasteiger partial charge is 0.179 e. The molecule has 0 unspecified atom stereocenters. The van der Waals surface area contributed by atoms with Gasteiger partial charge < -0.3 is 30.4 Å². The van der Waals surface area contributed by atoms with Crippen LogP contribution in [0.5, 0.6) is 0 Å². The molecule has 6 N–H and O–H groups in total. The fraction of sp³-hybridized carbons (Fsp3) is 0.200. The van der Waals surface area contributed by atoms with Gasteiger partial charge in [0.2, 0.25) is 0 Å². The number of aliphatic hydroxyl groups excluding tert-OH is 4. The molecule has 0 spiro atoms. The molecule has 0 amide bonds. The van der Waals surface area contributed by atoms with Crippen LogP contribution in [0.15, 0.2) is 98.1 Å². The van der Waals surface area contributed by atoms with Crippen molar-refractivity contribution in [2.75, 3.05) is 26.4 Å². The summed E-state index contributed by atoms with van der Waals surface area (Å²) < 4.78 is 7.90. The second-order valence-corrected chi connectivity index (χ2v) is 13.2. The van der Waals surface area contributed by atoms with Gasteiger partial charge in [-0.3, -0.25) is 0 Å². The number of fused-ring (bicyclic) bond motifs is 20. The number of hydrogen-bond acceptors (Lipinski definition) is 6. The Morgan fingerprint density at radius 1 is 0.404 bits per heavy atom. The molecule has 0 saturated heterocycles. The first-order valence-electron chi connectivity index (χ1n) is 17.4. The minimum Gasteiger partial charge on any atom is -0.390 e. The Labute approximate surface area is 297 Å². The first-order valence-corrected chi connectivity index (χ1v) is 17.4. The second-order valence-electron chi connectivity index (χ2n) is 13.2. The highest BCUT2D eigenvalue weighted by molar-refractivity contribution is 6.11. The Kier molecular flexibility index (Phi) is 8.01. The van der Waals surface area contributed by atoms with E-state index in [1.54, 1.807) is 0 Å². The minimum absolute atomic E-state index is 0.0163. The molecule has 12 nitrogen and oxygen atoms in total. The number of hydrogen-bond donors (Lipinski definition) is 6. The van der Waals surface area contributed by atoms with Crippen LogP contribution in [0.3, 0.4) is 0 Å². The monoisotopic (exact) mass is 694 g/mol. The quantitative estimate of drug-likeness (QED) is 0.134. The lowest BCUT2D eigenvalue weighted by molar-refractivity contribution is -0.697. The van der Waals surface area contributed by atoms with Crippen LogP contribution in [0, 0.1) is 0 Å². The van der Waals surface area contributed by atoms with Gasteiger partial charge in [-0.25, -0.2) is 28.2 Å². The van der Waals surface area contributed by atoms with E-state index in [9.17, 15) is 20.4 Å². The molecule has 8 bridgehead atoms. The first kappa shape index (κ1) is 32.0. The predicted octanol–water partition coefficient (Wildman–Crippen LogP) is 2.41. The van der Waals surface area contributed by atoms with Crippen molar-refractivity contribution in [1.82, 2.24) is 19.9 Å². The summed E-state index contributed by atoms with van der Waals surface area (Å²) in [6, 6.07) is 16.5. The van der Waals surface area contributed by atoms with Gasteiger partial charge in [0, 0.05) is 57.2 Å². The molecule has 258 valence electrons. The van der Waals surface area contributed by atoms with Crippen molar-refractivity contribution in [3.8, 4) is 45.0 Å². The van der Waals surface area contributed by atoms with E-state index in [1.165, 1.54) is 0 Å². The van der Waals surface area contributed by atoms with Crippen LogP contribution in [-0.4, -0.2) is 66.8 Å². The third-order valence-corrected chi connectivity index (χ3v) is 9.91. The van der Waals surface area contributed by atoms with Gasteiger partial charge in [-0.1, -0.05) is 0 Å². The zero-order valence-corrected chi connectivity index (χ0v) is 28.4. The third-order valence-electron chi connectivity index (χ3n) is 9.91. The molecule has 7 aromatic rings. The molecule has 9 heterocycles. The summed E-state index contributed by atoms with van der Waals surface area (Å²) >= 11 is 0. The summed E-state index contributed by atoms with van der Waals surface area (Å²) in [7, 11) is 0. The van der Waals surface area contributed by atoms with Crippen LogP contribution in [-0.2, 0) is 26.2 Å². The molecule has 0 fully saturated rings. The third kappa shape index (κ3) is 5.49. The fourth-order valence-electron chi connectivity index (χ4n) is 7.43. The molecule has 52 heavy (non-hydrogen) atoms. The fourth-order valence-corrected chi connectivity index (χ4v) is 7.43. The van der Waals surface area contributed by atoms with E-state index in [0.717, 1.165) is 88.6 Å². The highest BCUT2D eigenvalue weighted by Gasteiger charge is 2.25. The van der Waals surface area contributed by atoms with E-state index in [2.05, 4.69) is 52.7 Å². The number of aromatic amines is 2. The van der Waals surface area contributed by atoms with Gasteiger partial charge in [0.1, 0.15) is 26.4 Å². The van der Waals surface area contributed by atoms with Crippen molar-refractivity contribution in [3.05, 3.63) is 98.1 Å². The zero-order valence-electron chi connectivity index (χ0n) is 28.4. The number of rotatable bonds is 8. The average molecular weight is 695 g/mol. The highest BCUT2D eigenvalue weighted by Crippen LogP contribution is 2.40. The van der Waals surface area contributed by atoms with E-state index < -0.39 is 0 Å². The number of aliphatic hydroxyl groups is 4. The molecule has 0 saturated carbocycles. The van der Waals surface area contributed by atoms with Gasteiger partial charge >= 0.3 is 0 Å². The van der Waals surface area contributed by atoms with Crippen molar-refractivity contribution in [1.29, 1.82) is 0 Å². The van der Waals surface area contributed by atoms with Crippen molar-refractivity contribution >= 4 is 43.6 Å². The Morgan fingerprint density at radius 2 is 0.769 bits per heavy atom. The van der Waals surface area contributed by atoms with E-state index in [1.807, 2.05) is 73.6 Å². The standard InChI is InChI=1S/C40H37N8O4/c49-13-9-45-5-1-25-29(21-45)37-18-34-27-3-7-47(11-15-51)23-31(27)39(43-34)20-36-28-4-8-48(12-16-52)24-32(28)40(44-36)19-35-26-2-6-46(10-14-50)22-30(26)38(42-35)17-33(25)41-37/h1-8,17-24,49-52H,9-16H2,(H,41,42,43,44)/q+3/p+1. The maximum absolute atomic E-state index is 9.74. The van der Waals surface area contributed by atoms with Crippen molar-refractivity contribution in [3.63, 3.8) is 0 Å². The average Bonchev–Trinajstić information content (AvgIpc) is 3.87. The highest BCUT2D eigenvalue weighted by atomic mass is 16.3. The SMILES string of the molecule is OCC[n+]1ccc2c(c1)-c1cc3nc(cc4[nH]c(cc5[nH]c(cc-2n1)c1c[n+](CCO)ccc51)c1c[n+](CCO)ccc41)-c1c[n+](CCO)ccc1-3. The van der Waals surface area contributed by atoms with E-state index in [4.69, 9.17) is 9.97 Å². The first-order chi connectivity index (χ1) is 25.5. The van der Waals surface area contributed by atoms with Gasteiger partial charge in [0.25, 0.3) is 0 Å². The van der Waals surface area contributed by atoms with Crippen LogP contribution in [0.25, 0.3) is 88.6 Å². The predicted molar refractivity (Wildman–Crippen MR) is 194 cm³/mol. The zero-order chi connectivity index (χ0) is 35.3. The Hall–Kier alpha value is -5.92. The maximum Gasteiger partial charge on any atom is 0.179 e. The number of nitrogens with one attached hydrogen (secondary N) is 2. The van der Waals surface area contributed by atoms with Crippen molar-refractivity contribution in [2.24, 2.45) is 0 Å². The lowest BCUT2D eigenvalue weighted by Crippen LogP contribution is -2.34. The Balaban J connectivity index is 1.44. The van der Waals surface area contributed by atoms with Gasteiger partial charge in [0.15, 0.2) is 75.8 Å². The topological polar surface area (TPSA) is 154 Å². The Morgan fingerprint density at radius 3 is 1.27 bits per heavy atom. The summed E-state index contributed by atoms with van der Waals surface area (Å²) in [4.78, 5) is 17.8. The molecular weight excluding hydrogens is 656 g/mol. The van der Waals surface area contributed by atoms with Crippen LogP contribution < -0.4 is 18.3 Å². The maximum atomic E-state index is 9.74. The normalized spacial score (nSPS) is 12.1. The van der Waals surface area contributed by atoms with Gasteiger partial charge in [-0.05, 0) is 24.3 Å². The number of H-pyrrole nitrogens is 2. The molecule has 12 heteroatoms. The minimum atomic E-state index is 0.0163. The van der Waals surface area contributed by atoms with Crippen LogP contribution >= 0.6 is 0 Å². The van der Waals surface area contributed by atoms with Crippen molar-refractivity contribution in [2.45, 2.75) is 26.2 Å². The number of aromatic nitrogens is 8. The molecule has 0 aromatic carbocycles. The van der Waals surface area contributed by atoms with E-state index in [-0.39, 0.29) is 26.4 Å². The largest absolute Gasteiger partial charge is 0.390 e.